The molecule has 1 saturated heterocycles. The number of carbonyl (C=O) groups excluding carboxylic acids is 1. The van der Waals surface area contributed by atoms with E-state index < -0.39 is 15.7 Å². The van der Waals surface area contributed by atoms with Gasteiger partial charge in [-0.2, -0.15) is 8.42 Å². The second kappa shape index (κ2) is 5.44. The van der Waals surface area contributed by atoms with Crippen LogP contribution in [0.5, 0.6) is 0 Å². The maximum Gasteiger partial charge on any atom is 0.410 e. The maximum atomic E-state index is 11.6. The molecule has 0 spiro atoms. The van der Waals surface area contributed by atoms with E-state index in [0.717, 1.165) is 6.26 Å². The first-order valence-corrected chi connectivity index (χ1v) is 7.71. The summed E-state index contributed by atoms with van der Waals surface area (Å²) in [5, 5.41) is 0. The number of ether oxygens (including phenoxy) is 1. The van der Waals surface area contributed by atoms with Crippen LogP contribution < -0.4 is 0 Å². The van der Waals surface area contributed by atoms with Crippen LogP contribution in [-0.2, 0) is 19.0 Å². The Morgan fingerprint density at radius 3 is 2.33 bits per heavy atom. The summed E-state index contributed by atoms with van der Waals surface area (Å²) in [6.07, 6.45) is 1.34. The average Bonchev–Trinajstić information content (AvgIpc) is 2.03. The molecule has 7 heteroatoms. The Morgan fingerprint density at radius 1 is 1.33 bits per heavy atom. The van der Waals surface area contributed by atoms with Crippen LogP contribution in [0, 0.1) is 5.92 Å². The Bertz CT molecular complexity index is 392. The minimum atomic E-state index is -3.36. The molecule has 0 bridgehead atoms. The molecule has 6 nitrogen and oxygen atoms in total. The molecule has 0 N–H and O–H groups in total. The van der Waals surface area contributed by atoms with Crippen LogP contribution in [0.1, 0.15) is 27.2 Å². The Morgan fingerprint density at radius 2 is 1.89 bits per heavy atom. The molecular formula is C11H21NO5S. The van der Waals surface area contributed by atoms with Gasteiger partial charge in [-0.3, -0.25) is 4.18 Å². The third-order valence-electron chi connectivity index (χ3n) is 2.43. The van der Waals surface area contributed by atoms with Crippen molar-refractivity contribution >= 4 is 16.2 Å². The molecule has 0 aromatic carbocycles. The minimum Gasteiger partial charge on any atom is -0.444 e. The third kappa shape index (κ3) is 5.68. The summed E-state index contributed by atoms with van der Waals surface area (Å²) < 4.78 is 31.3. The van der Waals surface area contributed by atoms with Crippen molar-refractivity contribution in [3.8, 4) is 0 Å². The first kappa shape index (κ1) is 15.2. The molecule has 1 heterocycles. The van der Waals surface area contributed by atoms with Crippen molar-refractivity contribution < 1.29 is 22.1 Å². The first-order chi connectivity index (χ1) is 8.07. The molecule has 1 amide bonds. The van der Waals surface area contributed by atoms with Gasteiger partial charge < -0.3 is 9.64 Å². The lowest BCUT2D eigenvalue weighted by Gasteiger charge is -2.39. The van der Waals surface area contributed by atoms with E-state index in [1.54, 1.807) is 4.90 Å². The molecule has 0 aromatic rings. The van der Waals surface area contributed by atoms with Gasteiger partial charge >= 0.3 is 6.09 Å². The monoisotopic (exact) mass is 279 g/mol. The lowest BCUT2D eigenvalue weighted by molar-refractivity contribution is -0.00376. The Kier molecular flexibility index (Phi) is 4.61. The van der Waals surface area contributed by atoms with Crippen molar-refractivity contribution in [3.63, 3.8) is 0 Å². The molecule has 1 aliphatic heterocycles. The predicted octanol–water partition coefficient (Wildman–Crippen LogP) is 1.22. The molecule has 1 aliphatic rings. The summed E-state index contributed by atoms with van der Waals surface area (Å²) in [6, 6.07) is 0. The number of nitrogens with zero attached hydrogens (tertiary/aromatic N) is 1. The summed E-state index contributed by atoms with van der Waals surface area (Å²) >= 11 is 0. The van der Waals surface area contributed by atoms with E-state index in [2.05, 4.69) is 4.18 Å². The second-order valence-corrected chi connectivity index (χ2v) is 7.21. The summed E-state index contributed by atoms with van der Waals surface area (Å²) in [4.78, 5) is 13.2. The van der Waals surface area contributed by atoms with Crippen LogP contribution in [0.25, 0.3) is 0 Å². The zero-order valence-electron chi connectivity index (χ0n) is 11.3. The topological polar surface area (TPSA) is 72.9 Å². The van der Waals surface area contributed by atoms with Crippen molar-refractivity contribution in [2.45, 2.75) is 32.8 Å². The standard InChI is InChI=1S/C11H21NO5S/c1-11(2,3)17-10(13)12-7-9(8-12)5-6-16-18(4,14)15/h9H,5-8H2,1-4H3. The number of rotatable bonds is 4. The van der Waals surface area contributed by atoms with Crippen molar-refractivity contribution in [2.75, 3.05) is 26.0 Å². The number of likely N-dealkylation sites (tertiary alicyclic amines) is 1. The highest BCUT2D eigenvalue weighted by Crippen LogP contribution is 2.22. The second-order valence-electron chi connectivity index (χ2n) is 5.57. The van der Waals surface area contributed by atoms with Crippen LogP contribution in [0.2, 0.25) is 0 Å². The fraction of sp³-hybridized carbons (Fsp3) is 0.909. The van der Waals surface area contributed by atoms with Crippen LogP contribution in [-0.4, -0.2) is 51.0 Å². The smallest absolute Gasteiger partial charge is 0.410 e. The van der Waals surface area contributed by atoms with Crippen LogP contribution in [0.3, 0.4) is 0 Å². The lowest BCUT2D eigenvalue weighted by atomic mass is 9.97. The maximum absolute atomic E-state index is 11.6. The van der Waals surface area contributed by atoms with E-state index in [-0.39, 0.29) is 12.7 Å². The lowest BCUT2D eigenvalue weighted by Crippen LogP contribution is -2.51. The highest BCUT2D eigenvalue weighted by atomic mass is 32.2. The number of hydrogen-bond donors (Lipinski definition) is 0. The van der Waals surface area contributed by atoms with Gasteiger partial charge in [0.25, 0.3) is 10.1 Å². The molecule has 106 valence electrons. The van der Waals surface area contributed by atoms with E-state index in [1.165, 1.54) is 0 Å². The van der Waals surface area contributed by atoms with Gasteiger partial charge in [-0.1, -0.05) is 0 Å². The zero-order valence-corrected chi connectivity index (χ0v) is 12.1. The predicted molar refractivity (Wildman–Crippen MR) is 66.7 cm³/mol. The van der Waals surface area contributed by atoms with E-state index >= 15 is 0 Å². The van der Waals surface area contributed by atoms with E-state index in [0.29, 0.717) is 25.4 Å². The fourth-order valence-corrected chi connectivity index (χ4v) is 1.99. The van der Waals surface area contributed by atoms with Crippen molar-refractivity contribution in [1.82, 2.24) is 4.90 Å². The largest absolute Gasteiger partial charge is 0.444 e. The molecule has 0 atom stereocenters. The molecule has 0 aliphatic carbocycles. The van der Waals surface area contributed by atoms with Gasteiger partial charge in [0.05, 0.1) is 12.9 Å². The highest BCUT2D eigenvalue weighted by Gasteiger charge is 2.33. The van der Waals surface area contributed by atoms with E-state index in [4.69, 9.17) is 4.74 Å². The molecule has 0 saturated carbocycles. The highest BCUT2D eigenvalue weighted by molar-refractivity contribution is 7.85. The molecular weight excluding hydrogens is 258 g/mol. The summed E-state index contributed by atoms with van der Waals surface area (Å²) in [7, 11) is -3.36. The van der Waals surface area contributed by atoms with Gasteiger partial charge in [0.15, 0.2) is 0 Å². The van der Waals surface area contributed by atoms with Gasteiger partial charge in [0.1, 0.15) is 5.60 Å². The summed E-state index contributed by atoms with van der Waals surface area (Å²) in [5.41, 5.74) is -0.485. The molecule has 1 fully saturated rings. The van der Waals surface area contributed by atoms with Gasteiger partial charge in [0, 0.05) is 13.1 Å². The first-order valence-electron chi connectivity index (χ1n) is 5.89. The summed E-state index contributed by atoms with van der Waals surface area (Å²) in [5.74, 6) is 0.291. The van der Waals surface area contributed by atoms with Crippen LogP contribution in [0.4, 0.5) is 4.79 Å². The number of carbonyl (C=O) groups is 1. The summed E-state index contributed by atoms with van der Waals surface area (Å²) in [6.45, 7) is 6.84. The van der Waals surface area contributed by atoms with Crippen LogP contribution >= 0.6 is 0 Å². The van der Waals surface area contributed by atoms with E-state index in [9.17, 15) is 13.2 Å². The zero-order chi connectivity index (χ0) is 14.0. The Balaban J connectivity index is 2.18. The molecule has 0 unspecified atom stereocenters. The number of hydrogen-bond acceptors (Lipinski definition) is 5. The molecule has 0 radical (unpaired) electrons. The Labute approximate surface area is 108 Å². The van der Waals surface area contributed by atoms with Crippen molar-refractivity contribution in [1.29, 1.82) is 0 Å². The van der Waals surface area contributed by atoms with Gasteiger partial charge in [-0.15, -0.1) is 0 Å². The number of amides is 1. The minimum absolute atomic E-state index is 0.172. The average molecular weight is 279 g/mol. The van der Waals surface area contributed by atoms with Crippen LogP contribution in [0.15, 0.2) is 0 Å². The SMILES string of the molecule is CC(C)(C)OC(=O)N1CC(CCOS(C)(=O)=O)C1. The van der Waals surface area contributed by atoms with E-state index in [1.807, 2.05) is 20.8 Å². The molecule has 18 heavy (non-hydrogen) atoms. The molecule has 1 rings (SSSR count). The van der Waals surface area contributed by atoms with Crippen molar-refractivity contribution in [2.24, 2.45) is 5.92 Å². The Hall–Kier alpha value is -0.820. The van der Waals surface area contributed by atoms with Gasteiger partial charge in [-0.05, 0) is 33.1 Å². The van der Waals surface area contributed by atoms with Gasteiger partial charge in [-0.25, -0.2) is 4.79 Å². The van der Waals surface area contributed by atoms with Gasteiger partial charge in [0.2, 0.25) is 0 Å². The normalized spacial score (nSPS) is 17.4. The fourth-order valence-electron chi connectivity index (χ4n) is 1.59. The van der Waals surface area contributed by atoms with Crippen molar-refractivity contribution in [3.05, 3.63) is 0 Å². The third-order valence-corrected chi connectivity index (χ3v) is 3.03. The quantitative estimate of drug-likeness (QED) is 0.723. The molecule has 0 aromatic heterocycles.